The number of nitrogens with zero attached hydrogens (tertiary/aromatic N) is 1. The Labute approximate surface area is 101 Å². The highest BCUT2D eigenvalue weighted by Crippen LogP contribution is 2.16. The molecule has 0 N–H and O–H groups in total. The van der Waals surface area contributed by atoms with Gasteiger partial charge in [0.1, 0.15) is 23.9 Å². The molecule has 0 bridgehead atoms. The molecule has 0 saturated heterocycles. The third-order valence-corrected chi connectivity index (χ3v) is 3.36. The van der Waals surface area contributed by atoms with Crippen molar-refractivity contribution in [2.75, 3.05) is 25.2 Å². The molecule has 17 heavy (non-hydrogen) atoms. The molecule has 1 aromatic rings. The Balaban J connectivity index is 2.44. The fourth-order valence-corrected chi connectivity index (χ4v) is 1.81. The van der Waals surface area contributed by atoms with Crippen LogP contribution >= 0.6 is 0 Å². The van der Waals surface area contributed by atoms with Crippen LogP contribution in [0.4, 0.5) is 0 Å². The second-order valence-corrected chi connectivity index (χ2v) is 5.46. The molecule has 0 radical (unpaired) electrons. The minimum Gasteiger partial charge on any atom is -0.497 e. The summed E-state index contributed by atoms with van der Waals surface area (Å²) < 4.78 is 32.6. The molecule has 0 aromatic heterocycles. The molecule has 0 saturated carbocycles. The molecule has 1 rings (SSSR count). The molecular weight excluding hydrogens is 242 g/mol. The van der Waals surface area contributed by atoms with Gasteiger partial charge in [-0.05, 0) is 24.3 Å². The summed E-state index contributed by atoms with van der Waals surface area (Å²) in [4.78, 5) is 0. The summed E-state index contributed by atoms with van der Waals surface area (Å²) in [5.41, 5.74) is 0. The predicted octanol–water partition coefficient (Wildman–Crippen LogP) is 1.01. The summed E-state index contributed by atoms with van der Waals surface area (Å²) in [5.74, 6) is 0.637. The van der Waals surface area contributed by atoms with Crippen LogP contribution in [0.2, 0.25) is 0 Å². The Kier molecular flexibility index (Phi) is 4.79. The van der Waals surface area contributed by atoms with Crippen LogP contribution in [0.1, 0.15) is 0 Å². The van der Waals surface area contributed by atoms with Crippen molar-refractivity contribution in [2.45, 2.75) is 0 Å². The Morgan fingerprint density at radius 1 is 1.24 bits per heavy atom. The first-order valence-corrected chi connectivity index (χ1v) is 6.74. The summed E-state index contributed by atoms with van der Waals surface area (Å²) in [6.07, 6.45) is 0. The zero-order valence-corrected chi connectivity index (χ0v) is 10.2. The molecule has 0 spiro atoms. The number of benzene rings is 1. The van der Waals surface area contributed by atoms with Crippen molar-refractivity contribution in [1.82, 2.24) is 0 Å². The molecule has 5 nitrogen and oxygen atoms in total. The molecule has 6 heteroatoms. The van der Waals surface area contributed by atoms with Crippen LogP contribution in [0, 0.1) is 11.3 Å². The van der Waals surface area contributed by atoms with Gasteiger partial charge in [0.25, 0.3) is 0 Å². The molecule has 92 valence electrons. The van der Waals surface area contributed by atoms with E-state index in [2.05, 4.69) is 0 Å². The van der Waals surface area contributed by atoms with Gasteiger partial charge < -0.3 is 9.47 Å². The number of sulfone groups is 1. The second kappa shape index (κ2) is 6.11. The maximum absolute atomic E-state index is 11.2. The van der Waals surface area contributed by atoms with Crippen molar-refractivity contribution in [3.05, 3.63) is 24.3 Å². The van der Waals surface area contributed by atoms with Crippen molar-refractivity contribution in [2.24, 2.45) is 0 Å². The summed E-state index contributed by atoms with van der Waals surface area (Å²) in [6, 6.07) is 8.43. The topological polar surface area (TPSA) is 76.4 Å². The van der Waals surface area contributed by atoms with Crippen LogP contribution < -0.4 is 9.47 Å². The lowest BCUT2D eigenvalue weighted by atomic mass is 10.3. The molecule has 0 fully saturated rings. The highest BCUT2D eigenvalue weighted by molar-refractivity contribution is 7.91. The zero-order chi connectivity index (χ0) is 12.7. The fourth-order valence-electron chi connectivity index (χ4n) is 1.13. The van der Waals surface area contributed by atoms with Gasteiger partial charge in [0.05, 0.1) is 18.9 Å². The van der Waals surface area contributed by atoms with E-state index in [0.29, 0.717) is 11.5 Å². The molecule has 0 heterocycles. The van der Waals surface area contributed by atoms with Gasteiger partial charge >= 0.3 is 0 Å². The van der Waals surface area contributed by atoms with E-state index in [9.17, 15) is 8.42 Å². The van der Waals surface area contributed by atoms with E-state index in [1.54, 1.807) is 37.4 Å². The second-order valence-electron chi connectivity index (χ2n) is 3.27. The SMILES string of the molecule is COc1ccc(OCCS(=O)(=O)CC#N)cc1. The number of ether oxygens (including phenoxy) is 2. The highest BCUT2D eigenvalue weighted by Gasteiger charge is 2.09. The van der Waals surface area contributed by atoms with Gasteiger partial charge in [-0.25, -0.2) is 8.42 Å². The minimum atomic E-state index is -3.33. The third-order valence-electron chi connectivity index (χ3n) is 2.01. The van der Waals surface area contributed by atoms with Crippen molar-refractivity contribution in [3.8, 4) is 17.6 Å². The van der Waals surface area contributed by atoms with Crippen molar-refractivity contribution >= 4 is 9.84 Å². The number of nitriles is 1. The molecule has 0 atom stereocenters. The van der Waals surface area contributed by atoms with Gasteiger partial charge in [0, 0.05) is 0 Å². The molecule has 1 aromatic carbocycles. The summed E-state index contributed by atoms with van der Waals surface area (Å²) in [7, 11) is -1.77. The monoisotopic (exact) mass is 255 g/mol. The molecular formula is C11H13NO4S. The Bertz CT molecular complexity index is 487. The maximum Gasteiger partial charge on any atom is 0.166 e. The lowest BCUT2D eigenvalue weighted by Gasteiger charge is -2.06. The average Bonchev–Trinajstić information content (AvgIpc) is 2.29. The van der Waals surface area contributed by atoms with Crippen LogP contribution in [0.3, 0.4) is 0 Å². The fraction of sp³-hybridized carbons (Fsp3) is 0.364. The quantitative estimate of drug-likeness (QED) is 0.758. The molecule has 0 aliphatic heterocycles. The van der Waals surface area contributed by atoms with Gasteiger partial charge in [-0.1, -0.05) is 0 Å². The third kappa shape index (κ3) is 4.74. The lowest BCUT2D eigenvalue weighted by Crippen LogP contribution is -2.16. The van der Waals surface area contributed by atoms with Crippen molar-refractivity contribution < 1.29 is 17.9 Å². The number of rotatable bonds is 6. The first-order valence-electron chi connectivity index (χ1n) is 4.91. The number of hydrogen-bond acceptors (Lipinski definition) is 5. The van der Waals surface area contributed by atoms with Crippen LogP contribution in [-0.4, -0.2) is 33.6 Å². The van der Waals surface area contributed by atoms with Gasteiger partial charge in [0.15, 0.2) is 9.84 Å². The Morgan fingerprint density at radius 3 is 2.35 bits per heavy atom. The van der Waals surface area contributed by atoms with E-state index < -0.39 is 15.6 Å². The minimum absolute atomic E-state index is 0.0380. The molecule has 0 unspecified atom stereocenters. The summed E-state index contributed by atoms with van der Waals surface area (Å²) in [6.45, 7) is 0.0380. The van der Waals surface area contributed by atoms with E-state index in [0.717, 1.165) is 0 Å². The normalized spacial score (nSPS) is 10.6. The lowest BCUT2D eigenvalue weighted by molar-refractivity contribution is 0.339. The smallest absolute Gasteiger partial charge is 0.166 e. The first kappa shape index (κ1) is 13.3. The summed E-state index contributed by atoms with van der Waals surface area (Å²) in [5, 5.41) is 8.29. The standard InChI is InChI=1S/C11H13NO4S/c1-15-10-2-4-11(5-3-10)16-7-9-17(13,14)8-6-12/h2-5H,7-9H2,1H3. The predicted molar refractivity (Wildman–Crippen MR) is 62.8 cm³/mol. The van der Waals surface area contributed by atoms with Crippen LogP contribution in [-0.2, 0) is 9.84 Å². The Hall–Kier alpha value is -1.74. The van der Waals surface area contributed by atoms with Gasteiger partial charge in [-0.15, -0.1) is 0 Å². The zero-order valence-electron chi connectivity index (χ0n) is 9.42. The van der Waals surface area contributed by atoms with E-state index in [1.807, 2.05) is 0 Å². The van der Waals surface area contributed by atoms with Gasteiger partial charge in [-0.3, -0.25) is 0 Å². The van der Waals surface area contributed by atoms with Crippen molar-refractivity contribution in [3.63, 3.8) is 0 Å². The van der Waals surface area contributed by atoms with E-state index in [4.69, 9.17) is 14.7 Å². The first-order chi connectivity index (χ1) is 8.07. The van der Waals surface area contributed by atoms with E-state index in [1.165, 1.54) is 0 Å². The van der Waals surface area contributed by atoms with Crippen LogP contribution in [0.5, 0.6) is 11.5 Å². The van der Waals surface area contributed by atoms with E-state index in [-0.39, 0.29) is 12.4 Å². The van der Waals surface area contributed by atoms with E-state index >= 15 is 0 Å². The van der Waals surface area contributed by atoms with Crippen LogP contribution in [0.15, 0.2) is 24.3 Å². The van der Waals surface area contributed by atoms with Crippen molar-refractivity contribution in [1.29, 1.82) is 5.26 Å². The summed E-state index contributed by atoms with van der Waals surface area (Å²) >= 11 is 0. The Morgan fingerprint density at radius 2 is 1.82 bits per heavy atom. The highest BCUT2D eigenvalue weighted by atomic mass is 32.2. The van der Waals surface area contributed by atoms with Gasteiger partial charge in [-0.2, -0.15) is 5.26 Å². The molecule has 0 aliphatic carbocycles. The van der Waals surface area contributed by atoms with Crippen LogP contribution in [0.25, 0.3) is 0 Å². The number of hydrogen-bond donors (Lipinski definition) is 0. The molecule has 0 amide bonds. The average molecular weight is 255 g/mol. The maximum atomic E-state index is 11.2. The number of methoxy groups -OCH3 is 1. The molecule has 0 aliphatic rings. The largest absolute Gasteiger partial charge is 0.497 e. The van der Waals surface area contributed by atoms with Gasteiger partial charge in [0.2, 0.25) is 0 Å².